The third-order valence-electron chi connectivity index (χ3n) is 4.41. The van der Waals surface area contributed by atoms with Crippen LogP contribution in [0.4, 0.5) is 0 Å². The van der Waals surface area contributed by atoms with E-state index in [4.69, 9.17) is 16.3 Å². The smallest absolute Gasteiger partial charge is 0.128 e. The standard InChI is InChI=1S/C15H23ClN2O/c1-9-7-17-11(10(2)14(9)19-5)8-18-13-6-12(16)15(13,3)4/h7,12-13,18H,6,8H2,1-5H3. The average molecular weight is 283 g/mol. The second kappa shape index (κ2) is 5.29. The van der Waals surface area contributed by atoms with Crippen LogP contribution in [0.15, 0.2) is 6.20 Å². The maximum atomic E-state index is 6.24. The Bertz CT molecular complexity index is 473. The minimum absolute atomic E-state index is 0.157. The number of alkyl halides is 1. The van der Waals surface area contributed by atoms with Crippen LogP contribution in [0.1, 0.15) is 37.1 Å². The molecule has 1 aromatic heterocycles. The molecule has 1 heterocycles. The molecule has 2 rings (SSSR count). The van der Waals surface area contributed by atoms with Gasteiger partial charge in [0.15, 0.2) is 0 Å². The van der Waals surface area contributed by atoms with Crippen LogP contribution in [-0.2, 0) is 6.54 Å². The van der Waals surface area contributed by atoms with Gasteiger partial charge in [-0.05, 0) is 25.7 Å². The van der Waals surface area contributed by atoms with Gasteiger partial charge in [0.1, 0.15) is 5.75 Å². The third kappa shape index (κ3) is 2.59. The molecule has 0 aliphatic heterocycles. The van der Waals surface area contributed by atoms with Crippen molar-refractivity contribution >= 4 is 11.6 Å². The number of pyridine rings is 1. The van der Waals surface area contributed by atoms with Crippen LogP contribution in [0.25, 0.3) is 0 Å². The Morgan fingerprint density at radius 1 is 1.47 bits per heavy atom. The Kier molecular flexibility index (Phi) is 4.07. The van der Waals surface area contributed by atoms with Crippen molar-refractivity contribution < 1.29 is 4.74 Å². The van der Waals surface area contributed by atoms with Gasteiger partial charge in [-0.3, -0.25) is 4.98 Å². The number of aromatic nitrogens is 1. The lowest BCUT2D eigenvalue weighted by atomic mass is 9.67. The van der Waals surface area contributed by atoms with E-state index in [1.807, 2.05) is 13.1 Å². The van der Waals surface area contributed by atoms with Gasteiger partial charge in [-0.15, -0.1) is 11.6 Å². The minimum atomic E-state index is 0.157. The Balaban J connectivity index is 2.05. The van der Waals surface area contributed by atoms with Crippen molar-refractivity contribution in [3.05, 3.63) is 23.0 Å². The average Bonchev–Trinajstić information content (AvgIpc) is 2.37. The first kappa shape index (κ1) is 14.6. The van der Waals surface area contributed by atoms with Crippen LogP contribution < -0.4 is 10.1 Å². The monoisotopic (exact) mass is 282 g/mol. The van der Waals surface area contributed by atoms with Crippen molar-refractivity contribution in [2.45, 2.75) is 52.1 Å². The van der Waals surface area contributed by atoms with Gasteiger partial charge in [0.2, 0.25) is 0 Å². The fraction of sp³-hybridized carbons (Fsp3) is 0.667. The SMILES string of the molecule is COc1c(C)cnc(CNC2CC(Cl)C2(C)C)c1C. The molecule has 19 heavy (non-hydrogen) atoms. The quantitative estimate of drug-likeness (QED) is 0.861. The summed E-state index contributed by atoms with van der Waals surface area (Å²) >= 11 is 6.24. The highest BCUT2D eigenvalue weighted by Gasteiger charge is 2.46. The van der Waals surface area contributed by atoms with E-state index in [9.17, 15) is 0 Å². The molecule has 0 aromatic carbocycles. The molecule has 1 aromatic rings. The predicted octanol–water partition coefficient (Wildman–Crippen LogP) is 3.20. The molecule has 2 atom stereocenters. The molecule has 4 heteroatoms. The van der Waals surface area contributed by atoms with Gasteiger partial charge in [0.25, 0.3) is 0 Å². The third-order valence-corrected chi connectivity index (χ3v) is 5.15. The number of rotatable bonds is 4. The van der Waals surface area contributed by atoms with Gasteiger partial charge < -0.3 is 10.1 Å². The first-order valence-corrected chi connectivity index (χ1v) is 7.18. The van der Waals surface area contributed by atoms with Crippen LogP contribution in [0.2, 0.25) is 0 Å². The number of methoxy groups -OCH3 is 1. The molecule has 0 radical (unpaired) electrons. The molecule has 1 aliphatic carbocycles. The molecule has 0 saturated heterocycles. The van der Waals surface area contributed by atoms with Gasteiger partial charge in [-0.25, -0.2) is 0 Å². The summed E-state index contributed by atoms with van der Waals surface area (Å²) in [7, 11) is 1.71. The summed E-state index contributed by atoms with van der Waals surface area (Å²) in [6.07, 6.45) is 2.90. The Labute approximate surface area is 120 Å². The summed E-state index contributed by atoms with van der Waals surface area (Å²) in [5.41, 5.74) is 3.41. The Morgan fingerprint density at radius 3 is 2.68 bits per heavy atom. The van der Waals surface area contributed by atoms with Crippen LogP contribution in [0.5, 0.6) is 5.75 Å². The molecule has 1 saturated carbocycles. The highest BCUT2D eigenvalue weighted by atomic mass is 35.5. The molecule has 0 spiro atoms. The first-order chi connectivity index (χ1) is 8.87. The van der Waals surface area contributed by atoms with Crippen LogP contribution in [-0.4, -0.2) is 23.5 Å². The normalized spacial score (nSPS) is 24.9. The predicted molar refractivity (Wildman–Crippen MR) is 78.9 cm³/mol. The van der Waals surface area contributed by atoms with Gasteiger partial charge in [0.05, 0.1) is 12.8 Å². The molecule has 1 aliphatic rings. The molecule has 1 N–H and O–H groups in total. The Morgan fingerprint density at radius 2 is 2.16 bits per heavy atom. The fourth-order valence-electron chi connectivity index (χ4n) is 2.69. The fourth-order valence-corrected chi connectivity index (χ4v) is 3.02. The zero-order chi connectivity index (χ0) is 14.2. The lowest BCUT2D eigenvalue weighted by Crippen LogP contribution is -2.57. The number of aryl methyl sites for hydroxylation is 1. The summed E-state index contributed by atoms with van der Waals surface area (Å²) in [4.78, 5) is 4.51. The number of hydrogen-bond donors (Lipinski definition) is 1. The number of ether oxygens (including phenoxy) is 1. The molecule has 2 unspecified atom stereocenters. The zero-order valence-electron chi connectivity index (χ0n) is 12.4. The van der Waals surface area contributed by atoms with Gasteiger partial charge >= 0.3 is 0 Å². The van der Waals surface area contributed by atoms with Crippen molar-refractivity contribution in [1.82, 2.24) is 10.3 Å². The maximum Gasteiger partial charge on any atom is 0.128 e. The molecular weight excluding hydrogens is 260 g/mol. The molecule has 0 amide bonds. The maximum absolute atomic E-state index is 6.24. The van der Waals surface area contributed by atoms with E-state index in [1.54, 1.807) is 7.11 Å². The van der Waals surface area contributed by atoms with Crippen LogP contribution in [0.3, 0.4) is 0 Å². The number of halogens is 1. The van der Waals surface area contributed by atoms with E-state index in [0.717, 1.165) is 35.5 Å². The van der Waals surface area contributed by atoms with E-state index < -0.39 is 0 Å². The van der Waals surface area contributed by atoms with E-state index in [0.29, 0.717) is 6.04 Å². The summed E-state index contributed by atoms with van der Waals surface area (Å²) in [6, 6.07) is 0.462. The van der Waals surface area contributed by atoms with E-state index in [1.165, 1.54) is 0 Å². The summed E-state index contributed by atoms with van der Waals surface area (Å²) in [6.45, 7) is 9.26. The topological polar surface area (TPSA) is 34.1 Å². The second-order valence-corrected chi connectivity index (χ2v) is 6.53. The number of nitrogens with one attached hydrogen (secondary N) is 1. The summed E-state index contributed by atoms with van der Waals surface area (Å²) in [5, 5.41) is 3.84. The van der Waals surface area contributed by atoms with E-state index >= 15 is 0 Å². The molecule has 0 bridgehead atoms. The Hall–Kier alpha value is -0.800. The number of nitrogens with zero attached hydrogens (tertiary/aromatic N) is 1. The van der Waals surface area contributed by atoms with Gasteiger partial charge in [-0.2, -0.15) is 0 Å². The van der Waals surface area contributed by atoms with Crippen LogP contribution in [0, 0.1) is 19.3 Å². The molecular formula is C15H23ClN2O. The largest absolute Gasteiger partial charge is 0.496 e. The first-order valence-electron chi connectivity index (χ1n) is 6.74. The highest BCUT2D eigenvalue weighted by molar-refractivity contribution is 6.21. The van der Waals surface area contributed by atoms with Crippen molar-refractivity contribution in [3.8, 4) is 5.75 Å². The van der Waals surface area contributed by atoms with Crippen molar-refractivity contribution in [2.24, 2.45) is 5.41 Å². The molecule has 106 valence electrons. The summed E-state index contributed by atoms with van der Waals surface area (Å²) < 4.78 is 5.43. The van der Waals surface area contributed by atoms with E-state index in [2.05, 4.69) is 31.1 Å². The molecule has 1 fully saturated rings. The van der Waals surface area contributed by atoms with Crippen molar-refractivity contribution in [2.75, 3.05) is 7.11 Å². The summed E-state index contributed by atoms with van der Waals surface area (Å²) in [5.74, 6) is 0.940. The highest BCUT2D eigenvalue weighted by Crippen LogP contribution is 2.44. The van der Waals surface area contributed by atoms with Gasteiger partial charge in [-0.1, -0.05) is 13.8 Å². The van der Waals surface area contributed by atoms with E-state index in [-0.39, 0.29) is 10.8 Å². The lowest BCUT2D eigenvalue weighted by molar-refractivity contribution is 0.115. The minimum Gasteiger partial charge on any atom is -0.496 e. The van der Waals surface area contributed by atoms with Gasteiger partial charge in [0, 0.05) is 35.3 Å². The number of hydrogen-bond acceptors (Lipinski definition) is 3. The van der Waals surface area contributed by atoms with Crippen molar-refractivity contribution in [3.63, 3.8) is 0 Å². The second-order valence-electron chi connectivity index (χ2n) is 6.00. The molecule has 3 nitrogen and oxygen atoms in total. The van der Waals surface area contributed by atoms with Crippen LogP contribution >= 0.6 is 11.6 Å². The lowest BCUT2D eigenvalue weighted by Gasteiger charge is -2.49. The van der Waals surface area contributed by atoms with Crippen molar-refractivity contribution in [1.29, 1.82) is 0 Å². The zero-order valence-corrected chi connectivity index (χ0v) is 13.1.